The number of ether oxygens (including phenoxy) is 1. The van der Waals surface area contributed by atoms with Crippen molar-refractivity contribution in [1.29, 1.82) is 0 Å². The van der Waals surface area contributed by atoms with Crippen LogP contribution in [0.2, 0.25) is 0 Å². The quantitative estimate of drug-likeness (QED) is 0.639. The molecule has 0 saturated carbocycles. The number of alkyl carbamates (subject to hydrolysis) is 1. The molecule has 1 rings (SSSR count). The first kappa shape index (κ1) is 20.8. The maximum Gasteiger partial charge on any atom is 0.407 e. The lowest BCUT2D eigenvalue weighted by atomic mass is 10.1. The molecule has 0 aliphatic rings. The van der Waals surface area contributed by atoms with Crippen molar-refractivity contribution in [2.75, 3.05) is 23.4 Å². The Morgan fingerprint density at radius 3 is 2.52 bits per heavy atom. The Kier molecular flexibility index (Phi) is 7.76. The zero-order valence-electron chi connectivity index (χ0n) is 14.8. The van der Waals surface area contributed by atoms with E-state index >= 15 is 0 Å². The number of anilines is 1. The number of carboxylic acid groups (broad SMARTS) is 1. The Balaban J connectivity index is 2.33. The minimum Gasteiger partial charge on any atom is -0.478 e. The molecule has 8 heteroatoms. The summed E-state index contributed by atoms with van der Waals surface area (Å²) >= 11 is 1.36. The molecule has 0 atom stereocenters. The van der Waals surface area contributed by atoms with Crippen molar-refractivity contribution in [2.45, 2.75) is 33.3 Å². The van der Waals surface area contributed by atoms with Crippen molar-refractivity contribution in [3.8, 4) is 0 Å². The van der Waals surface area contributed by atoms with Gasteiger partial charge >= 0.3 is 12.1 Å². The molecule has 1 aromatic carbocycles. The van der Waals surface area contributed by atoms with Crippen LogP contribution in [0.25, 0.3) is 0 Å². The largest absolute Gasteiger partial charge is 0.478 e. The van der Waals surface area contributed by atoms with E-state index in [-0.39, 0.29) is 17.2 Å². The van der Waals surface area contributed by atoms with Crippen LogP contribution in [-0.4, -0.2) is 46.7 Å². The monoisotopic (exact) mass is 368 g/mol. The highest BCUT2D eigenvalue weighted by Gasteiger charge is 2.15. The molecule has 0 aliphatic carbocycles. The topological polar surface area (TPSA) is 105 Å². The molecule has 1 aromatic rings. The van der Waals surface area contributed by atoms with Gasteiger partial charge in [0.2, 0.25) is 5.91 Å². The van der Waals surface area contributed by atoms with Gasteiger partial charge in [-0.05, 0) is 45.4 Å². The van der Waals surface area contributed by atoms with Gasteiger partial charge in [-0.2, -0.15) is 11.8 Å². The van der Waals surface area contributed by atoms with Gasteiger partial charge in [0.15, 0.2) is 0 Å². The minimum atomic E-state index is -1.04. The summed E-state index contributed by atoms with van der Waals surface area (Å²) in [6, 6.07) is 4.58. The van der Waals surface area contributed by atoms with Gasteiger partial charge in [0, 0.05) is 18.0 Å². The number of aryl methyl sites for hydroxylation is 1. The average molecular weight is 368 g/mol. The highest BCUT2D eigenvalue weighted by molar-refractivity contribution is 7.99. The van der Waals surface area contributed by atoms with Gasteiger partial charge in [0.25, 0.3) is 0 Å². The van der Waals surface area contributed by atoms with Crippen LogP contribution in [-0.2, 0) is 9.53 Å². The van der Waals surface area contributed by atoms with Crippen LogP contribution in [0.3, 0.4) is 0 Å². The number of carbonyl (C=O) groups is 3. The number of hydrogen-bond donors (Lipinski definition) is 3. The predicted octanol–water partition coefficient (Wildman–Crippen LogP) is 2.89. The molecule has 0 aliphatic heterocycles. The highest BCUT2D eigenvalue weighted by Crippen LogP contribution is 2.17. The molecule has 0 fully saturated rings. The van der Waals surface area contributed by atoms with Crippen molar-refractivity contribution in [2.24, 2.45) is 0 Å². The number of carbonyl (C=O) groups excluding carboxylic acids is 2. The maximum absolute atomic E-state index is 11.9. The van der Waals surface area contributed by atoms with E-state index in [9.17, 15) is 14.4 Å². The van der Waals surface area contributed by atoms with Crippen LogP contribution in [0, 0.1) is 6.92 Å². The lowest BCUT2D eigenvalue weighted by Crippen LogP contribution is -2.33. The van der Waals surface area contributed by atoms with Gasteiger partial charge in [0.05, 0.1) is 11.3 Å². The molecule has 138 valence electrons. The summed E-state index contributed by atoms with van der Waals surface area (Å²) in [7, 11) is 0. The van der Waals surface area contributed by atoms with E-state index in [1.54, 1.807) is 33.8 Å². The van der Waals surface area contributed by atoms with E-state index < -0.39 is 17.7 Å². The fourth-order valence-electron chi connectivity index (χ4n) is 1.78. The molecular formula is C17H24N2O5S. The van der Waals surface area contributed by atoms with Crippen LogP contribution < -0.4 is 10.6 Å². The van der Waals surface area contributed by atoms with Gasteiger partial charge in [-0.15, -0.1) is 0 Å². The molecule has 0 heterocycles. The van der Waals surface area contributed by atoms with Crippen molar-refractivity contribution < 1.29 is 24.2 Å². The summed E-state index contributed by atoms with van der Waals surface area (Å²) in [5.74, 6) is -0.515. The van der Waals surface area contributed by atoms with Gasteiger partial charge in [-0.25, -0.2) is 9.59 Å². The normalized spacial score (nSPS) is 10.9. The molecule has 25 heavy (non-hydrogen) atoms. The Bertz CT molecular complexity index is 640. The molecule has 3 N–H and O–H groups in total. The van der Waals surface area contributed by atoms with Gasteiger partial charge < -0.3 is 20.5 Å². The van der Waals surface area contributed by atoms with Crippen molar-refractivity contribution in [3.63, 3.8) is 0 Å². The molecule has 7 nitrogen and oxygen atoms in total. The third kappa shape index (κ3) is 8.44. The summed E-state index contributed by atoms with van der Waals surface area (Å²) in [5.41, 5.74) is 0.849. The first-order chi connectivity index (χ1) is 11.6. The Hall–Kier alpha value is -2.22. The third-order valence-corrected chi connectivity index (χ3v) is 3.87. The Morgan fingerprint density at radius 1 is 1.24 bits per heavy atom. The number of amides is 2. The Morgan fingerprint density at radius 2 is 1.92 bits per heavy atom. The first-order valence-corrected chi connectivity index (χ1v) is 8.92. The van der Waals surface area contributed by atoms with E-state index in [1.807, 2.05) is 0 Å². The van der Waals surface area contributed by atoms with Crippen molar-refractivity contribution in [1.82, 2.24) is 5.32 Å². The number of carboxylic acids is 1. The third-order valence-electron chi connectivity index (χ3n) is 2.91. The van der Waals surface area contributed by atoms with Gasteiger partial charge in [-0.3, -0.25) is 4.79 Å². The zero-order chi connectivity index (χ0) is 19.0. The minimum absolute atomic E-state index is 0.120. The second kappa shape index (κ2) is 9.31. The summed E-state index contributed by atoms with van der Waals surface area (Å²) in [4.78, 5) is 34.4. The molecule has 2 amide bonds. The number of rotatable bonds is 7. The van der Waals surface area contributed by atoms with Gasteiger partial charge in [0.1, 0.15) is 5.60 Å². The van der Waals surface area contributed by atoms with E-state index in [0.717, 1.165) is 5.56 Å². The van der Waals surface area contributed by atoms with E-state index in [2.05, 4.69) is 10.6 Å². The van der Waals surface area contributed by atoms with Crippen LogP contribution >= 0.6 is 11.8 Å². The van der Waals surface area contributed by atoms with E-state index in [0.29, 0.717) is 18.0 Å². The lowest BCUT2D eigenvalue weighted by molar-refractivity contribution is -0.113. The maximum atomic E-state index is 11.9. The number of aromatic carboxylic acids is 1. The molecular weight excluding hydrogens is 344 g/mol. The molecule has 0 saturated heterocycles. The van der Waals surface area contributed by atoms with E-state index in [1.165, 1.54) is 23.9 Å². The number of hydrogen-bond acceptors (Lipinski definition) is 5. The SMILES string of the molecule is Cc1ccc(C(=O)O)cc1NC(=O)CSCCNC(=O)OC(C)(C)C. The average Bonchev–Trinajstić information content (AvgIpc) is 2.47. The van der Waals surface area contributed by atoms with E-state index in [4.69, 9.17) is 9.84 Å². The predicted molar refractivity (Wildman–Crippen MR) is 98.3 cm³/mol. The summed E-state index contributed by atoms with van der Waals surface area (Å²) in [6.07, 6.45) is -0.487. The summed E-state index contributed by atoms with van der Waals surface area (Å²) in [5, 5.41) is 14.3. The highest BCUT2D eigenvalue weighted by atomic mass is 32.2. The molecule has 0 aromatic heterocycles. The van der Waals surface area contributed by atoms with Crippen LogP contribution in [0.4, 0.5) is 10.5 Å². The Labute approximate surface area is 151 Å². The second-order valence-corrected chi connectivity index (χ2v) is 7.47. The first-order valence-electron chi connectivity index (χ1n) is 7.77. The fraction of sp³-hybridized carbons (Fsp3) is 0.471. The number of benzene rings is 1. The molecule has 0 radical (unpaired) electrons. The number of thioether (sulfide) groups is 1. The lowest BCUT2D eigenvalue weighted by Gasteiger charge is -2.19. The summed E-state index contributed by atoms with van der Waals surface area (Å²) < 4.78 is 5.10. The molecule has 0 spiro atoms. The summed E-state index contributed by atoms with van der Waals surface area (Å²) in [6.45, 7) is 7.53. The van der Waals surface area contributed by atoms with Gasteiger partial charge in [-0.1, -0.05) is 6.07 Å². The number of nitrogens with one attached hydrogen (secondary N) is 2. The molecule has 0 unspecified atom stereocenters. The standard InChI is InChI=1S/C17H24N2O5S/c1-11-5-6-12(15(21)22)9-13(11)19-14(20)10-25-8-7-18-16(23)24-17(2,3)4/h5-6,9H,7-8,10H2,1-4H3,(H,18,23)(H,19,20)(H,21,22). The smallest absolute Gasteiger partial charge is 0.407 e. The fourth-order valence-corrected chi connectivity index (χ4v) is 2.43. The van der Waals surface area contributed by atoms with Crippen molar-refractivity contribution >= 4 is 35.4 Å². The van der Waals surface area contributed by atoms with Crippen LogP contribution in [0.15, 0.2) is 18.2 Å². The molecule has 0 bridgehead atoms. The zero-order valence-corrected chi connectivity index (χ0v) is 15.7. The van der Waals surface area contributed by atoms with Crippen LogP contribution in [0.1, 0.15) is 36.7 Å². The second-order valence-electron chi connectivity index (χ2n) is 6.36. The van der Waals surface area contributed by atoms with Crippen molar-refractivity contribution in [3.05, 3.63) is 29.3 Å². The van der Waals surface area contributed by atoms with Crippen LogP contribution in [0.5, 0.6) is 0 Å².